The van der Waals surface area contributed by atoms with E-state index in [4.69, 9.17) is 4.42 Å². The Kier molecular flexibility index (Phi) is 6.21. The van der Waals surface area contributed by atoms with Gasteiger partial charge in [-0.2, -0.15) is 5.10 Å². The molecule has 0 unspecified atom stereocenters. The van der Waals surface area contributed by atoms with Crippen LogP contribution in [0.2, 0.25) is 0 Å². The summed E-state index contributed by atoms with van der Waals surface area (Å²) in [6.07, 6.45) is 4.54. The van der Waals surface area contributed by atoms with Gasteiger partial charge in [0.1, 0.15) is 6.26 Å². The number of hydrogen-bond donors (Lipinski definition) is 1. The van der Waals surface area contributed by atoms with E-state index >= 15 is 0 Å². The van der Waals surface area contributed by atoms with Crippen LogP contribution in [0.15, 0.2) is 53.3 Å². The zero-order valence-electron chi connectivity index (χ0n) is 18.0. The molecule has 1 aromatic carbocycles. The molecule has 1 fully saturated rings. The molecule has 3 aromatic rings. The lowest BCUT2D eigenvalue weighted by Gasteiger charge is -2.31. The van der Waals surface area contributed by atoms with E-state index in [1.807, 2.05) is 36.7 Å². The maximum absolute atomic E-state index is 12.9. The van der Waals surface area contributed by atoms with Crippen molar-refractivity contribution in [3.63, 3.8) is 0 Å². The second-order valence-electron chi connectivity index (χ2n) is 8.11. The van der Waals surface area contributed by atoms with E-state index in [0.717, 1.165) is 29.8 Å². The fourth-order valence-electron chi connectivity index (χ4n) is 4.16. The second kappa shape index (κ2) is 9.20. The molecule has 31 heavy (non-hydrogen) atoms. The average Bonchev–Trinajstić information content (AvgIpc) is 3.41. The van der Waals surface area contributed by atoms with E-state index in [0.29, 0.717) is 31.7 Å². The van der Waals surface area contributed by atoms with E-state index in [1.54, 1.807) is 11.0 Å². The number of piperidine rings is 1. The van der Waals surface area contributed by atoms with Gasteiger partial charge in [0.2, 0.25) is 5.91 Å². The fourth-order valence-corrected chi connectivity index (χ4v) is 4.16. The molecule has 1 aliphatic rings. The number of aryl methyl sites for hydroxylation is 1. The molecule has 7 heteroatoms. The highest BCUT2D eigenvalue weighted by atomic mass is 16.3. The SMILES string of the molecule is Cc1nn(Cc2ccccc2)c(C)c1CNC(=O)[C@H]1CCCN(C(=O)c2ccoc2)C1. The van der Waals surface area contributed by atoms with Gasteiger partial charge in [0.15, 0.2) is 0 Å². The summed E-state index contributed by atoms with van der Waals surface area (Å²) in [5.74, 6) is -0.302. The van der Waals surface area contributed by atoms with E-state index in [2.05, 4.69) is 22.5 Å². The van der Waals surface area contributed by atoms with Crippen LogP contribution in [0, 0.1) is 19.8 Å². The monoisotopic (exact) mass is 420 g/mol. The molecule has 1 saturated heterocycles. The maximum Gasteiger partial charge on any atom is 0.257 e. The zero-order chi connectivity index (χ0) is 21.8. The first-order valence-corrected chi connectivity index (χ1v) is 10.7. The van der Waals surface area contributed by atoms with Gasteiger partial charge in [-0.25, -0.2) is 0 Å². The van der Waals surface area contributed by atoms with Crippen LogP contribution in [0.3, 0.4) is 0 Å². The predicted molar refractivity (Wildman–Crippen MR) is 116 cm³/mol. The smallest absolute Gasteiger partial charge is 0.257 e. The standard InChI is InChI=1S/C24H28N4O3/c1-17-22(18(2)28(26-17)14-19-7-4-3-5-8-19)13-25-23(29)20-9-6-11-27(15-20)24(30)21-10-12-31-16-21/h3-5,7-8,10,12,16,20H,6,9,11,13-15H2,1-2H3,(H,25,29)/t20-/m0/s1. The van der Waals surface area contributed by atoms with Crippen molar-refractivity contribution in [3.8, 4) is 0 Å². The quantitative estimate of drug-likeness (QED) is 0.663. The molecule has 1 aliphatic heterocycles. The number of nitrogens with zero attached hydrogens (tertiary/aromatic N) is 3. The normalized spacial score (nSPS) is 16.3. The minimum atomic E-state index is -0.204. The molecule has 1 N–H and O–H groups in total. The Morgan fingerprint density at radius 3 is 2.74 bits per heavy atom. The average molecular weight is 421 g/mol. The molecule has 4 rings (SSSR count). The highest BCUT2D eigenvalue weighted by Crippen LogP contribution is 2.20. The topological polar surface area (TPSA) is 80.4 Å². The number of hydrogen-bond acceptors (Lipinski definition) is 4. The molecule has 162 valence electrons. The van der Waals surface area contributed by atoms with E-state index < -0.39 is 0 Å². The van der Waals surface area contributed by atoms with Crippen molar-refractivity contribution in [2.24, 2.45) is 5.92 Å². The van der Waals surface area contributed by atoms with Gasteiger partial charge in [0.25, 0.3) is 5.91 Å². The van der Waals surface area contributed by atoms with Gasteiger partial charge in [-0.1, -0.05) is 30.3 Å². The molecule has 3 heterocycles. The third-order valence-corrected chi connectivity index (χ3v) is 5.99. The lowest BCUT2D eigenvalue weighted by atomic mass is 9.96. The van der Waals surface area contributed by atoms with Gasteiger partial charge in [-0.15, -0.1) is 0 Å². The van der Waals surface area contributed by atoms with Gasteiger partial charge >= 0.3 is 0 Å². The Morgan fingerprint density at radius 2 is 2.00 bits per heavy atom. The van der Waals surface area contributed by atoms with Crippen LogP contribution in [0.4, 0.5) is 0 Å². The predicted octanol–water partition coefficient (Wildman–Crippen LogP) is 3.31. The molecular formula is C24H28N4O3. The molecule has 2 aromatic heterocycles. The number of likely N-dealkylation sites (tertiary alicyclic amines) is 1. The number of carbonyl (C=O) groups is 2. The number of aromatic nitrogens is 2. The third kappa shape index (κ3) is 4.71. The number of furan rings is 1. The van der Waals surface area contributed by atoms with Crippen molar-refractivity contribution in [2.45, 2.75) is 39.8 Å². The molecule has 0 radical (unpaired) electrons. The van der Waals surface area contributed by atoms with Crippen molar-refractivity contribution in [1.29, 1.82) is 0 Å². The van der Waals surface area contributed by atoms with Gasteiger partial charge < -0.3 is 14.6 Å². The van der Waals surface area contributed by atoms with Crippen LogP contribution in [0.25, 0.3) is 0 Å². The maximum atomic E-state index is 12.9. The highest BCUT2D eigenvalue weighted by molar-refractivity contribution is 5.94. The van der Waals surface area contributed by atoms with Gasteiger partial charge in [-0.05, 0) is 38.3 Å². The Labute approximate surface area is 182 Å². The molecule has 0 aliphatic carbocycles. The lowest BCUT2D eigenvalue weighted by molar-refractivity contribution is -0.126. The largest absolute Gasteiger partial charge is 0.472 e. The molecule has 7 nitrogen and oxygen atoms in total. The number of nitrogens with one attached hydrogen (secondary N) is 1. The summed E-state index contributed by atoms with van der Waals surface area (Å²) in [5, 5.41) is 7.74. The van der Waals surface area contributed by atoms with Crippen LogP contribution in [0.1, 0.15) is 45.7 Å². The molecule has 0 saturated carbocycles. The number of amides is 2. The molecule has 2 amide bonds. The summed E-state index contributed by atoms with van der Waals surface area (Å²) in [7, 11) is 0. The summed E-state index contributed by atoms with van der Waals surface area (Å²) < 4.78 is 7.00. The summed E-state index contributed by atoms with van der Waals surface area (Å²) >= 11 is 0. The Balaban J connectivity index is 1.37. The minimum absolute atomic E-state index is 0.0145. The van der Waals surface area contributed by atoms with Crippen LogP contribution >= 0.6 is 0 Å². The fraction of sp³-hybridized carbons (Fsp3) is 0.375. The van der Waals surface area contributed by atoms with Crippen LogP contribution in [-0.4, -0.2) is 39.6 Å². The summed E-state index contributed by atoms with van der Waals surface area (Å²) in [4.78, 5) is 27.2. The third-order valence-electron chi connectivity index (χ3n) is 5.99. The van der Waals surface area contributed by atoms with Crippen LogP contribution < -0.4 is 5.32 Å². The number of benzene rings is 1. The van der Waals surface area contributed by atoms with Crippen molar-refractivity contribution in [1.82, 2.24) is 20.0 Å². The Hall–Kier alpha value is -3.35. The van der Waals surface area contributed by atoms with Crippen molar-refractivity contribution in [2.75, 3.05) is 13.1 Å². The van der Waals surface area contributed by atoms with Crippen LogP contribution in [0.5, 0.6) is 0 Å². The lowest BCUT2D eigenvalue weighted by Crippen LogP contribution is -2.45. The highest BCUT2D eigenvalue weighted by Gasteiger charge is 2.29. The van der Waals surface area contributed by atoms with Crippen molar-refractivity contribution < 1.29 is 14.0 Å². The first kappa shape index (κ1) is 20.9. The summed E-state index contributed by atoms with van der Waals surface area (Å²) in [6.45, 7) is 6.25. The second-order valence-corrected chi connectivity index (χ2v) is 8.11. The van der Waals surface area contributed by atoms with Gasteiger partial charge in [-0.3, -0.25) is 14.3 Å². The molecule has 1 atom stereocenters. The minimum Gasteiger partial charge on any atom is -0.472 e. The van der Waals surface area contributed by atoms with Gasteiger partial charge in [0, 0.05) is 30.9 Å². The number of carbonyl (C=O) groups excluding carboxylic acids is 2. The van der Waals surface area contributed by atoms with E-state index in [9.17, 15) is 9.59 Å². The van der Waals surface area contributed by atoms with Crippen LogP contribution in [-0.2, 0) is 17.9 Å². The molecule has 0 bridgehead atoms. The Morgan fingerprint density at radius 1 is 1.19 bits per heavy atom. The molecular weight excluding hydrogens is 392 g/mol. The van der Waals surface area contributed by atoms with E-state index in [-0.39, 0.29) is 17.7 Å². The summed E-state index contributed by atoms with van der Waals surface area (Å²) in [5.41, 5.74) is 4.74. The number of rotatable bonds is 6. The zero-order valence-corrected chi connectivity index (χ0v) is 18.0. The van der Waals surface area contributed by atoms with Gasteiger partial charge in [0.05, 0.1) is 30.0 Å². The van der Waals surface area contributed by atoms with Crippen molar-refractivity contribution >= 4 is 11.8 Å². The van der Waals surface area contributed by atoms with E-state index in [1.165, 1.54) is 18.1 Å². The first-order chi connectivity index (χ1) is 15.0. The summed E-state index contributed by atoms with van der Waals surface area (Å²) in [6, 6.07) is 11.9. The first-order valence-electron chi connectivity index (χ1n) is 10.7. The molecule has 0 spiro atoms. The Bertz CT molecular complexity index is 1040. The van der Waals surface area contributed by atoms with Crippen molar-refractivity contribution in [3.05, 3.63) is 77.0 Å².